The average molecular weight is 351 g/mol. The molecule has 1 aliphatic rings. The van der Waals surface area contributed by atoms with E-state index in [1.54, 1.807) is 0 Å². The molecule has 3 rings (SSSR count). The Balaban J connectivity index is 1.47. The first-order valence-electron chi connectivity index (χ1n) is 9.43. The average Bonchev–Trinajstić information content (AvgIpc) is 2.69. The molecule has 0 amide bonds. The van der Waals surface area contributed by atoms with E-state index >= 15 is 0 Å². The van der Waals surface area contributed by atoms with Gasteiger partial charge in [-0.15, -0.1) is 0 Å². The molecule has 1 aromatic heterocycles. The Labute approximate surface area is 156 Å². The van der Waals surface area contributed by atoms with Crippen molar-refractivity contribution in [2.24, 2.45) is 4.99 Å². The molecule has 1 saturated heterocycles. The SMILES string of the molecule is CN=C(NCCc1ccc(C)nc1)NC1CCCN(c2ccccc2)C1. The van der Waals surface area contributed by atoms with Gasteiger partial charge >= 0.3 is 0 Å². The number of nitrogens with one attached hydrogen (secondary N) is 2. The normalized spacial score (nSPS) is 17.8. The summed E-state index contributed by atoms with van der Waals surface area (Å²) in [6, 6.07) is 15.3. The van der Waals surface area contributed by atoms with Crippen molar-refractivity contribution in [3.8, 4) is 0 Å². The van der Waals surface area contributed by atoms with E-state index in [0.717, 1.165) is 37.7 Å². The van der Waals surface area contributed by atoms with E-state index in [0.29, 0.717) is 6.04 Å². The van der Waals surface area contributed by atoms with Gasteiger partial charge in [0.05, 0.1) is 0 Å². The molecule has 1 fully saturated rings. The van der Waals surface area contributed by atoms with E-state index < -0.39 is 0 Å². The zero-order chi connectivity index (χ0) is 18.2. The number of benzene rings is 1. The number of hydrogen-bond acceptors (Lipinski definition) is 3. The summed E-state index contributed by atoms with van der Waals surface area (Å²) in [5.41, 5.74) is 3.60. The second-order valence-corrected chi connectivity index (χ2v) is 6.82. The highest BCUT2D eigenvalue weighted by atomic mass is 15.2. The van der Waals surface area contributed by atoms with E-state index in [4.69, 9.17) is 0 Å². The summed E-state index contributed by atoms with van der Waals surface area (Å²) in [5.74, 6) is 0.880. The third-order valence-corrected chi connectivity index (χ3v) is 4.79. The molecule has 0 radical (unpaired) electrons. The lowest BCUT2D eigenvalue weighted by Crippen LogP contribution is -2.51. The summed E-state index contributed by atoms with van der Waals surface area (Å²) >= 11 is 0. The van der Waals surface area contributed by atoms with Crippen LogP contribution in [0.5, 0.6) is 0 Å². The van der Waals surface area contributed by atoms with Gasteiger partial charge in [0.2, 0.25) is 0 Å². The quantitative estimate of drug-likeness (QED) is 0.642. The first-order chi connectivity index (χ1) is 12.7. The summed E-state index contributed by atoms with van der Waals surface area (Å²) in [4.78, 5) is 11.2. The minimum absolute atomic E-state index is 0.413. The molecule has 0 bridgehead atoms. The van der Waals surface area contributed by atoms with Crippen LogP contribution < -0.4 is 15.5 Å². The van der Waals surface area contributed by atoms with Gasteiger partial charge in [0.25, 0.3) is 0 Å². The summed E-state index contributed by atoms with van der Waals surface area (Å²) in [5, 5.41) is 7.01. The number of hydrogen-bond donors (Lipinski definition) is 2. The van der Waals surface area contributed by atoms with Crippen LogP contribution in [0.4, 0.5) is 5.69 Å². The van der Waals surface area contributed by atoms with Crippen LogP contribution in [0.15, 0.2) is 53.7 Å². The van der Waals surface area contributed by atoms with Crippen LogP contribution in [-0.4, -0.2) is 43.7 Å². The van der Waals surface area contributed by atoms with Crippen molar-refractivity contribution in [1.82, 2.24) is 15.6 Å². The van der Waals surface area contributed by atoms with Crippen LogP contribution in [0, 0.1) is 6.92 Å². The molecule has 26 heavy (non-hydrogen) atoms. The molecule has 0 aliphatic carbocycles. The molecule has 1 unspecified atom stereocenters. The van der Waals surface area contributed by atoms with Gasteiger partial charge in [-0.3, -0.25) is 9.98 Å². The molecular weight excluding hydrogens is 322 g/mol. The van der Waals surface area contributed by atoms with Gasteiger partial charge < -0.3 is 15.5 Å². The second-order valence-electron chi connectivity index (χ2n) is 6.82. The monoisotopic (exact) mass is 351 g/mol. The van der Waals surface area contributed by atoms with Gasteiger partial charge in [-0.25, -0.2) is 0 Å². The molecule has 1 aromatic carbocycles. The number of aliphatic imine (C=N–C) groups is 1. The van der Waals surface area contributed by atoms with Crippen molar-refractivity contribution in [3.63, 3.8) is 0 Å². The maximum Gasteiger partial charge on any atom is 0.191 e. The second kappa shape index (κ2) is 9.22. The van der Waals surface area contributed by atoms with Crippen LogP contribution in [0.25, 0.3) is 0 Å². The van der Waals surface area contributed by atoms with Crippen molar-refractivity contribution >= 4 is 11.6 Å². The van der Waals surface area contributed by atoms with Gasteiger partial charge in [0, 0.05) is 50.3 Å². The van der Waals surface area contributed by atoms with E-state index in [1.165, 1.54) is 24.1 Å². The fourth-order valence-electron chi connectivity index (χ4n) is 3.33. The highest BCUT2D eigenvalue weighted by Gasteiger charge is 2.20. The number of guanidine groups is 1. The van der Waals surface area contributed by atoms with Gasteiger partial charge in [0.1, 0.15) is 0 Å². The minimum atomic E-state index is 0.413. The highest BCUT2D eigenvalue weighted by Crippen LogP contribution is 2.19. The van der Waals surface area contributed by atoms with Crippen molar-refractivity contribution in [3.05, 3.63) is 59.9 Å². The van der Waals surface area contributed by atoms with Gasteiger partial charge in [-0.05, 0) is 49.9 Å². The zero-order valence-electron chi connectivity index (χ0n) is 15.8. The van der Waals surface area contributed by atoms with E-state index in [-0.39, 0.29) is 0 Å². The summed E-state index contributed by atoms with van der Waals surface area (Å²) in [7, 11) is 1.83. The predicted molar refractivity (Wildman–Crippen MR) is 109 cm³/mol. The number of anilines is 1. The summed E-state index contributed by atoms with van der Waals surface area (Å²) in [6.45, 7) is 4.98. The van der Waals surface area contributed by atoms with E-state index in [9.17, 15) is 0 Å². The van der Waals surface area contributed by atoms with Gasteiger partial charge in [-0.1, -0.05) is 24.3 Å². The Hall–Kier alpha value is -2.56. The molecule has 5 heteroatoms. The maximum absolute atomic E-state index is 4.39. The lowest BCUT2D eigenvalue weighted by Gasteiger charge is -2.35. The summed E-state index contributed by atoms with van der Waals surface area (Å²) < 4.78 is 0. The fraction of sp³-hybridized carbons (Fsp3) is 0.429. The van der Waals surface area contributed by atoms with Crippen molar-refractivity contribution in [1.29, 1.82) is 0 Å². The van der Waals surface area contributed by atoms with Crippen LogP contribution in [0.2, 0.25) is 0 Å². The van der Waals surface area contributed by atoms with E-state index in [2.05, 4.69) is 68.0 Å². The standard InChI is InChI=1S/C21H29N5/c1-17-10-11-18(15-24-17)12-13-23-21(22-2)25-19-7-6-14-26(16-19)20-8-4-3-5-9-20/h3-5,8-11,15,19H,6-7,12-14,16H2,1-2H3,(H2,22,23,25). The number of rotatable bonds is 5. The van der Waals surface area contributed by atoms with Crippen LogP contribution >= 0.6 is 0 Å². The molecule has 1 atom stereocenters. The minimum Gasteiger partial charge on any atom is -0.369 e. The number of aryl methyl sites for hydroxylation is 1. The molecule has 2 N–H and O–H groups in total. The van der Waals surface area contributed by atoms with Crippen molar-refractivity contribution < 1.29 is 0 Å². The Morgan fingerprint density at radius 1 is 1.23 bits per heavy atom. The largest absolute Gasteiger partial charge is 0.369 e. The number of aromatic nitrogens is 1. The van der Waals surface area contributed by atoms with Crippen LogP contribution in [-0.2, 0) is 6.42 Å². The molecule has 0 saturated carbocycles. The number of piperidine rings is 1. The Kier molecular flexibility index (Phi) is 6.47. The fourth-order valence-corrected chi connectivity index (χ4v) is 3.33. The van der Waals surface area contributed by atoms with E-state index in [1.807, 2.05) is 20.2 Å². The highest BCUT2D eigenvalue weighted by molar-refractivity contribution is 5.80. The molecule has 1 aliphatic heterocycles. The molecule has 0 spiro atoms. The topological polar surface area (TPSA) is 52.6 Å². The van der Waals surface area contributed by atoms with Crippen molar-refractivity contribution in [2.75, 3.05) is 31.6 Å². The smallest absolute Gasteiger partial charge is 0.191 e. The molecule has 5 nitrogen and oxygen atoms in total. The molecule has 138 valence electrons. The lowest BCUT2D eigenvalue weighted by atomic mass is 10.1. The number of nitrogens with zero attached hydrogens (tertiary/aromatic N) is 3. The van der Waals surface area contributed by atoms with Crippen LogP contribution in [0.3, 0.4) is 0 Å². The Bertz CT molecular complexity index is 696. The molecular formula is C21H29N5. The Morgan fingerprint density at radius 2 is 2.08 bits per heavy atom. The Morgan fingerprint density at radius 3 is 2.81 bits per heavy atom. The molecule has 2 heterocycles. The molecule has 2 aromatic rings. The maximum atomic E-state index is 4.39. The first kappa shape index (κ1) is 18.2. The third-order valence-electron chi connectivity index (χ3n) is 4.79. The summed E-state index contributed by atoms with van der Waals surface area (Å²) in [6.07, 6.45) is 5.26. The third kappa shape index (κ3) is 5.22. The lowest BCUT2D eigenvalue weighted by molar-refractivity contribution is 0.468. The van der Waals surface area contributed by atoms with Crippen molar-refractivity contribution in [2.45, 2.75) is 32.2 Å². The number of pyridine rings is 1. The predicted octanol–water partition coefficient (Wildman–Crippen LogP) is 2.77. The zero-order valence-corrected chi connectivity index (χ0v) is 15.8. The van der Waals surface area contributed by atoms with Crippen LogP contribution in [0.1, 0.15) is 24.1 Å². The first-order valence-corrected chi connectivity index (χ1v) is 9.43. The van der Waals surface area contributed by atoms with Gasteiger partial charge in [0.15, 0.2) is 5.96 Å². The van der Waals surface area contributed by atoms with Gasteiger partial charge in [-0.2, -0.15) is 0 Å². The number of para-hydroxylation sites is 1.